The summed E-state index contributed by atoms with van der Waals surface area (Å²) in [7, 11) is 1.59. The van der Waals surface area contributed by atoms with Gasteiger partial charge in [0, 0.05) is 24.6 Å². The fourth-order valence-corrected chi connectivity index (χ4v) is 2.19. The number of halogens is 1. The molecule has 0 heterocycles. The zero-order chi connectivity index (χ0) is 15.2. The van der Waals surface area contributed by atoms with E-state index < -0.39 is 0 Å². The van der Waals surface area contributed by atoms with Gasteiger partial charge in [-0.1, -0.05) is 25.4 Å². The summed E-state index contributed by atoms with van der Waals surface area (Å²) in [5.74, 6) is -0.149. The molecule has 0 bridgehead atoms. The Kier molecular flexibility index (Phi) is 6.30. The van der Waals surface area contributed by atoms with E-state index in [1.54, 1.807) is 25.2 Å². The number of hydrogen-bond acceptors (Lipinski definition) is 3. The van der Waals surface area contributed by atoms with E-state index >= 15 is 0 Å². The Morgan fingerprint density at radius 2 is 2.00 bits per heavy atom. The third kappa shape index (κ3) is 3.87. The zero-order valence-electron chi connectivity index (χ0n) is 12.3. The average molecular weight is 299 g/mol. The third-order valence-electron chi connectivity index (χ3n) is 3.94. The van der Waals surface area contributed by atoms with Crippen LogP contribution in [0, 0.1) is 5.41 Å². The van der Waals surface area contributed by atoms with Gasteiger partial charge in [-0.3, -0.25) is 4.79 Å². The molecule has 0 saturated heterocycles. The molecular formula is C15H23ClN2O2. The standard InChI is InChI=1S/C15H23ClN2O2/c1-4-15(5-2,10-19)9-18-13-8-11(14(20)17-3)6-7-12(13)16/h6-8,18-19H,4-5,9-10H2,1-3H3,(H,17,20). The van der Waals surface area contributed by atoms with Crippen LogP contribution in [-0.2, 0) is 0 Å². The number of anilines is 1. The lowest BCUT2D eigenvalue weighted by Crippen LogP contribution is -2.32. The summed E-state index contributed by atoms with van der Waals surface area (Å²) in [6.45, 7) is 4.86. The largest absolute Gasteiger partial charge is 0.396 e. The maximum absolute atomic E-state index is 11.6. The minimum Gasteiger partial charge on any atom is -0.396 e. The molecule has 5 heteroatoms. The molecule has 0 atom stereocenters. The second-order valence-electron chi connectivity index (χ2n) is 4.99. The fourth-order valence-electron chi connectivity index (χ4n) is 2.01. The van der Waals surface area contributed by atoms with Gasteiger partial charge >= 0.3 is 0 Å². The van der Waals surface area contributed by atoms with E-state index in [2.05, 4.69) is 24.5 Å². The van der Waals surface area contributed by atoms with Crippen LogP contribution in [0.25, 0.3) is 0 Å². The Morgan fingerprint density at radius 1 is 1.35 bits per heavy atom. The molecule has 0 aliphatic heterocycles. The lowest BCUT2D eigenvalue weighted by molar-refractivity contribution is 0.0963. The highest BCUT2D eigenvalue weighted by molar-refractivity contribution is 6.33. The van der Waals surface area contributed by atoms with E-state index in [0.29, 0.717) is 22.8 Å². The first-order valence-electron chi connectivity index (χ1n) is 6.88. The van der Waals surface area contributed by atoms with Crippen LogP contribution in [0.2, 0.25) is 5.02 Å². The molecule has 0 aliphatic rings. The van der Waals surface area contributed by atoms with Gasteiger partial charge in [0.05, 0.1) is 17.3 Å². The number of rotatable bonds is 7. The van der Waals surface area contributed by atoms with Crippen LogP contribution in [0.3, 0.4) is 0 Å². The Bertz CT molecular complexity index is 451. The Morgan fingerprint density at radius 3 is 2.50 bits per heavy atom. The van der Waals surface area contributed by atoms with Crippen molar-refractivity contribution < 1.29 is 9.90 Å². The van der Waals surface area contributed by atoms with Gasteiger partial charge < -0.3 is 15.7 Å². The number of nitrogens with one attached hydrogen (secondary N) is 2. The van der Waals surface area contributed by atoms with E-state index in [0.717, 1.165) is 12.8 Å². The number of aliphatic hydroxyl groups is 1. The van der Waals surface area contributed by atoms with E-state index in [4.69, 9.17) is 11.6 Å². The van der Waals surface area contributed by atoms with Crippen molar-refractivity contribution in [1.29, 1.82) is 0 Å². The van der Waals surface area contributed by atoms with Crippen LogP contribution in [0.1, 0.15) is 37.0 Å². The first-order chi connectivity index (χ1) is 9.51. The predicted octanol–water partition coefficient (Wildman–Crippen LogP) is 2.91. The minimum absolute atomic E-state index is 0.125. The highest BCUT2D eigenvalue weighted by Crippen LogP contribution is 2.29. The first-order valence-corrected chi connectivity index (χ1v) is 7.26. The van der Waals surface area contributed by atoms with Crippen LogP contribution in [0.4, 0.5) is 5.69 Å². The van der Waals surface area contributed by atoms with Crippen molar-refractivity contribution in [3.8, 4) is 0 Å². The second-order valence-corrected chi connectivity index (χ2v) is 5.40. The van der Waals surface area contributed by atoms with Gasteiger partial charge in [0.15, 0.2) is 0 Å². The van der Waals surface area contributed by atoms with Crippen LogP contribution in [-0.4, -0.2) is 31.2 Å². The van der Waals surface area contributed by atoms with Gasteiger partial charge in [0.2, 0.25) is 0 Å². The molecule has 0 saturated carbocycles. The highest BCUT2D eigenvalue weighted by atomic mass is 35.5. The summed E-state index contributed by atoms with van der Waals surface area (Å²) < 4.78 is 0. The molecular weight excluding hydrogens is 276 g/mol. The van der Waals surface area contributed by atoms with Gasteiger partial charge in [-0.25, -0.2) is 0 Å². The van der Waals surface area contributed by atoms with Crippen LogP contribution in [0.15, 0.2) is 18.2 Å². The van der Waals surface area contributed by atoms with Gasteiger partial charge in [-0.05, 0) is 31.0 Å². The molecule has 0 radical (unpaired) electrons. The normalized spacial score (nSPS) is 11.2. The number of carbonyl (C=O) groups excluding carboxylic acids is 1. The van der Waals surface area contributed by atoms with Crippen molar-refractivity contribution in [2.75, 3.05) is 25.5 Å². The number of hydrogen-bond donors (Lipinski definition) is 3. The topological polar surface area (TPSA) is 61.4 Å². The molecule has 20 heavy (non-hydrogen) atoms. The first kappa shape index (κ1) is 16.8. The van der Waals surface area contributed by atoms with E-state index in [9.17, 15) is 9.90 Å². The van der Waals surface area contributed by atoms with Crippen molar-refractivity contribution >= 4 is 23.2 Å². The maximum Gasteiger partial charge on any atom is 0.251 e. The van der Waals surface area contributed by atoms with E-state index in [1.807, 2.05) is 0 Å². The van der Waals surface area contributed by atoms with Gasteiger partial charge in [-0.2, -0.15) is 0 Å². The van der Waals surface area contributed by atoms with Gasteiger partial charge in [-0.15, -0.1) is 0 Å². The van der Waals surface area contributed by atoms with E-state index in [-0.39, 0.29) is 17.9 Å². The molecule has 1 aromatic carbocycles. The average Bonchev–Trinajstić information content (AvgIpc) is 2.50. The summed E-state index contributed by atoms with van der Waals surface area (Å²) >= 11 is 6.15. The summed E-state index contributed by atoms with van der Waals surface area (Å²) in [5.41, 5.74) is 1.11. The van der Waals surface area contributed by atoms with Crippen molar-refractivity contribution in [3.05, 3.63) is 28.8 Å². The maximum atomic E-state index is 11.6. The van der Waals surface area contributed by atoms with Crippen molar-refractivity contribution in [3.63, 3.8) is 0 Å². The zero-order valence-corrected chi connectivity index (χ0v) is 13.0. The van der Waals surface area contributed by atoms with Crippen LogP contribution >= 0.6 is 11.6 Å². The number of carbonyl (C=O) groups is 1. The molecule has 1 aromatic rings. The Labute approximate surface area is 125 Å². The molecule has 0 unspecified atom stereocenters. The fraction of sp³-hybridized carbons (Fsp3) is 0.533. The SMILES string of the molecule is CCC(CC)(CO)CNc1cc(C(=O)NC)ccc1Cl. The molecule has 0 spiro atoms. The summed E-state index contributed by atoms with van der Waals surface area (Å²) in [6, 6.07) is 5.12. The second kappa shape index (κ2) is 7.50. The van der Waals surface area contributed by atoms with Crippen LogP contribution in [0.5, 0.6) is 0 Å². The summed E-state index contributed by atoms with van der Waals surface area (Å²) in [4.78, 5) is 11.6. The van der Waals surface area contributed by atoms with Crippen LogP contribution < -0.4 is 10.6 Å². The lowest BCUT2D eigenvalue weighted by atomic mass is 9.83. The number of benzene rings is 1. The highest BCUT2D eigenvalue weighted by Gasteiger charge is 2.25. The van der Waals surface area contributed by atoms with E-state index in [1.165, 1.54) is 0 Å². The molecule has 0 aliphatic carbocycles. The lowest BCUT2D eigenvalue weighted by Gasteiger charge is -2.30. The van der Waals surface area contributed by atoms with Gasteiger partial charge in [0.25, 0.3) is 5.91 Å². The van der Waals surface area contributed by atoms with Crippen molar-refractivity contribution in [2.45, 2.75) is 26.7 Å². The molecule has 1 rings (SSSR count). The summed E-state index contributed by atoms with van der Waals surface area (Å²) in [5, 5.41) is 16.0. The molecule has 112 valence electrons. The summed E-state index contributed by atoms with van der Waals surface area (Å²) in [6.07, 6.45) is 1.75. The molecule has 0 fully saturated rings. The number of amides is 1. The van der Waals surface area contributed by atoms with Crippen molar-refractivity contribution in [2.24, 2.45) is 5.41 Å². The Hall–Kier alpha value is -1.26. The monoisotopic (exact) mass is 298 g/mol. The minimum atomic E-state index is -0.160. The molecule has 0 aromatic heterocycles. The molecule has 1 amide bonds. The quantitative estimate of drug-likeness (QED) is 0.725. The predicted molar refractivity (Wildman–Crippen MR) is 83.4 cm³/mol. The molecule has 3 N–H and O–H groups in total. The van der Waals surface area contributed by atoms with Gasteiger partial charge in [0.1, 0.15) is 0 Å². The smallest absolute Gasteiger partial charge is 0.251 e. The number of aliphatic hydroxyl groups excluding tert-OH is 1. The third-order valence-corrected chi connectivity index (χ3v) is 4.27. The molecule has 4 nitrogen and oxygen atoms in total. The van der Waals surface area contributed by atoms with Crippen molar-refractivity contribution in [1.82, 2.24) is 5.32 Å². The Balaban J connectivity index is 2.89.